The number of rotatable bonds is 3. The van der Waals surface area contributed by atoms with Crippen LogP contribution in [0.1, 0.15) is 18.4 Å². The van der Waals surface area contributed by atoms with Gasteiger partial charge in [-0.05, 0) is 30.5 Å². The van der Waals surface area contributed by atoms with E-state index in [9.17, 15) is 17.2 Å². The molecule has 0 spiro atoms. The molecule has 1 aromatic rings. The van der Waals surface area contributed by atoms with Gasteiger partial charge in [-0.1, -0.05) is 12.2 Å². The highest BCUT2D eigenvalue weighted by molar-refractivity contribution is 7.89. The predicted molar refractivity (Wildman–Crippen MR) is 99.9 cm³/mol. The lowest BCUT2D eigenvalue weighted by atomic mass is 9.88. The number of primary sulfonamides is 1. The summed E-state index contributed by atoms with van der Waals surface area (Å²) in [5.74, 6) is -1.36. The van der Waals surface area contributed by atoms with E-state index < -0.39 is 26.6 Å². The third-order valence-corrected chi connectivity index (χ3v) is 6.01. The van der Waals surface area contributed by atoms with Crippen LogP contribution < -0.4 is 5.14 Å². The molecule has 0 bridgehead atoms. The van der Waals surface area contributed by atoms with E-state index in [1.807, 2.05) is 23.1 Å². The Morgan fingerprint density at radius 2 is 2.04 bits per heavy atom. The number of nitrogens with zero attached hydrogens (tertiary/aromatic N) is 2. The van der Waals surface area contributed by atoms with E-state index in [1.165, 1.54) is 0 Å². The van der Waals surface area contributed by atoms with E-state index in [0.29, 0.717) is 12.4 Å². The van der Waals surface area contributed by atoms with Crippen molar-refractivity contribution in [1.82, 2.24) is 4.90 Å². The summed E-state index contributed by atoms with van der Waals surface area (Å²) < 4.78 is 57.1. The van der Waals surface area contributed by atoms with Gasteiger partial charge in [-0.2, -0.15) is 0 Å². The number of aliphatic imine (C=N–C) groups is 1. The normalized spacial score (nSPS) is 21.3. The molecule has 9 heteroatoms. The van der Waals surface area contributed by atoms with Crippen LogP contribution in [0.2, 0.25) is 0 Å². The molecule has 0 radical (unpaired) electrons. The first-order chi connectivity index (χ1) is 13.3. The van der Waals surface area contributed by atoms with Crippen molar-refractivity contribution in [3.63, 3.8) is 0 Å². The highest BCUT2D eigenvalue weighted by atomic mass is 32.2. The highest BCUT2D eigenvalue weighted by Crippen LogP contribution is 2.38. The average Bonchev–Trinajstić information content (AvgIpc) is 3.07. The van der Waals surface area contributed by atoms with Gasteiger partial charge in [0.25, 0.3) is 0 Å². The fraction of sp³-hybridized carbons (Fsp3) is 0.316. The van der Waals surface area contributed by atoms with Crippen molar-refractivity contribution in [2.24, 2.45) is 10.1 Å². The largest absolute Gasteiger partial charge is 0.481 e. The van der Waals surface area contributed by atoms with Crippen LogP contribution in [0.5, 0.6) is 0 Å². The molecule has 4 rings (SSSR count). The molecule has 1 aliphatic carbocycles. The van der Waals surface area contributed by atoms with Gasteiger partial charge in [0.2, 0.25) is 15.9 Å². The van der Waals surface area contributed by atoms with Gasteiger partial charge in [-0.3, -0.25) is 0 Å². The first kappa shape index (κ1) is 18.8. The van der Waals surface area contributed by atoms with Crippen molar-refractivity contribution >= 4 is 15.9 Å². The van der Waals surface area contributed by atoms with Gasteiger partial charge in [0.1, 0.15) is 11.6 Å². The smallest absolute Gasteiger partial charge is 0.238 e. The molecule has 148 valence electrons. The van der Waals surface area contributed by atoms with E-state index in [4.69, 9.17) is 9.88 Å². The van der Waals surface area contributed by atoms with Crippen molar-refractivity contribution in [2.75, 3.05) is 13.7 Å². The van der Waals surface area contributed by atoms with Crippen molar-refractivity contribution in [3.8, 4) is 0 Å². The summed E-state index contributed by atoms with van der Waals surface area (Å²) in [5.41, 5.74) is 2.74. The highest BCUT2D eigenvalue weighted by Gasteiger charge is 2.33. The summed E-state index contributed by atoms with van der Waals surface area (Å²) in [4.78, 5) is 5.79. The third kappa shape index (κ3) is 3.24. The van der Waals surface area contributed by atoms with E-state index in [1.54, 1.807) is 7.11 Å². The zero-order chi connectivity index (χ0) is 20.1. The van der Waals surface area contributed by atoms with E-state index in [2.05, 4.69) is 4.99 Å². The molecule has 6 nitrogen and oxygen atoms in total. The molecule has 0 saturated carbocycles. The van der Waals surface area contributed by atoms with Crippen LogP contribution in [0.15, 0.2) is 57.1 Å². The summed E-state index contributed by atoms with van der Waals surface area (Å²) in [5, 5.41) is 4.98. The number of nitrogens with two attached hydrogens (primary N) is 1. The molecule has 0 saturated heterocycles. The number of halogens is 2. The molecular weight excluding hydrogens is 388 g/mol. The number of sulfonamides is 1. The van der Waals surface area contributed by atoms with E-state index >= 15 is 0 Å². The number of hydrogen-bond donors (Lipinski definition) is 1. The van der Waals surface area contributed by atoms with Gasteiger partial charge >= 0.3 is 0 Å². The van der Waals surface area contributed by atoms with Crippen LogP contribution in [0.3, 0.4) is 0 Å². The molecule has 0 fully saturated rings. The lowest BCUT2D eigenvalue weighted by molar-refractivity contribution is 0.303. The molecule has 2 aliphatic heterocycles. The van der Waals surface area contributed by atoms with Gasteiger partial charge < -0.3 is 9.64 Å². The number of ether oxygens (including phenoxy) is 1. The molecule has 1 atom stereocenters. The van der Waals surface area contributed by atoms with Crippen LogP contribution >= 0.6 is 0 Å². The first-order valence-corrected chi connectivity index (χ1v) is 10.3. The summed E-state index contributed by atoms with van der Waals surface area (Å²) in [7, 11) is -2.64. The Balaban J connectivity index is 1.70. The van der Waals surface area contributed by atoms with Gasteiger partial charge in [0.15, 0.2) is 0 Å². The Hall–Kier alpha value is -2.52. The Morgan fingerprint density at radius 1 is 1.32 bits per heavy atom. The number of hydrogen-bond acceptors (Lipinski definition) is 5. The molecule has 1 aromatic carbocycles. The van der Waals surface area contributed by atoms with Gasteiger partial charge in [0.05, 0.1) is 18.0 Å². The minimum Gasteiger partial charge on any atom is -0.481 e. The van der Waals surface area contributed by atoms with E-state index in [0.717, 1.165) is 41.8 Å². The monoisotopic (exact) mass is 407 g/mol. The Bertz CT molecular complexity index is 1050. The minimum atomic E-state index is -4.19. The number of benzene rings is 1. The molecule has 1 unspecified atom stereocenters. The molecule has 0 aromatic heterocycles. The molecule has 2 heterocycles. The summed E-state index contributed by atoms with van der Waals surface area (Å²) in [6, 6.07) is 1.35. The second-order valence-corrected chi connectivity index (χ2v) is 8.45. The van der Waals surface area contributed by atoms with Crippen LogP contribution in [0.25, 0.3) is 0 Å². The maximum absolute atomic E-state index is 14.5. The van der Waals surface area contributed by atoms with Crippen molar-refractivity contribution in [3.05, 3.63) is 64.4 Å². The summed E-state index contributed by atoms with van der Waals surface area (Å²) in [6.45, 7) is 0.594. The zero-order valence-corrected chi connectivity index (χ0v) is 16.0. The SMILES string of the molecule is COC1=NC2C=CC3=C(C2=C1)N(Cc1c(F)cc(S(N)(=O)=O)cc1F)CCC3. The summed E-state index contributed by atoms with van der Waals surface area (Å²) >= 11 is 0. The third-order valence-electron chi connectivity index (χ3n) is 5.11. The van der Waals surface area contributed by atoms with Gasteiger partial charge in [0, 0.05) is 36.0 Å². The fourth-order valence-corrected chi connectivity index (χ4v) is 4.34. The molecule has 28 heavy (non-hydrogen) atoms. The fourth-order valence-electron chi connectivity index (χ4n) is 3.80. The molecule has 3 aliphatic rings. The van der Waals surface area contributed by atoms with Crippen molar-refractivity contribution in [1.29, 1.82) is 0 Å². The second-order valence-electron chi connectivity index (χ2n) is 6.88. The minimum absolute atomic E-state index is 0.0262. The number of fused-ring (bicyclic) bond motifs is 2. The maximum Gasteiger partial charge on any atom is 0.238 e. The van der Waals surface area contributed by atoms with E-state index in [-0.39, 0.29) is 18.2 Å². The van der Waals surface area contributed by atoms with Crippen molar-refractivity contribution in [2.45, 2.75) is 30.3 Å². The molecular formula is C19H19F2N3O3S. The number of allylic oxidation sites excluding steroid dienone is 2. The van der Waals surface area contributed by atoms with Crippen LogP contribution in [-0.2, 0) is 21.3 Å². The number of methoxy groups -OCH3 is 1. The summed E-state index contributed by atoms with van der Waals surface area (Å²) in [6.07, 6.45) is 7.55. The maximum atomic E-state index is 14.5. The molecule has 0 amide bonds. The lowest BCUT2D eigenvalue weighted by Gasteiger charge is -2.36. The Kier molecular flexibility index (Phi) is 4.59. The zero-order valence-electron chi connectivity index (χ0n) is 15.2. The topological polar surface area (TPSA) is 85.0 Å². The standard InChI is InChI=1S/C19H19F2N3O3S/c1-27-18-9-13-17(23-18)5-4-11-3-2-6-24(19(11)13)10-14-15(20)7-12(8-16(14)21)28(22,25)26/h4-5,7-9,17H,2-3,6,10H2,1H3,(H2,22,25,26). The van der Waals surface area contributed by atoms with Gasteiger partial charge in [-0.15, -0.1) is 0 Å². The Morgan fingerprint density at radius 3 is 2.68 bits per heavy atom. The Labute approximate surface area is 161 Å². The van der Waals surface area contributed by atoms with Crippen LogP contribution in [0.4, 0.5) is 8.78 Å². The molecule has 2 N–H and O–H groups in total. The second kappa shape index (κ2) is 6.82. The van der Waals surface area contributed by atoms with Crippen LogP contribution in [0, 0.1) is 11.6 Å². The van der Waals surface area contributed by atoms with Crippen LogP contribution in [-0.4, -0.2) is 38.9 Å². The van der Waals surface area contributed by atoms with Gasteiger partial charge in [-0.25, -0.2) is 27.3 Å². The predicted octanol–water partition coefficient (Wildman–Crippen LogP) is 2.39. The first-order valence-electron chi connectivity index (χ1n) is 8.78. The average molecular weight is 407 g/mol. The lowest BCUT2D eigenvalue weighted by Crippen LogP contribution is -2.33. The quantitative estimate of drug-likeness (QED) is 0.834. The van der Waals surface area contributed by atoms with Crippen molar-refractivity contribution < 1.29 is 21.9 Å².